The van der Waals surface area contributed by atoms with Gasteiger partial charge in [-0.15, -0.1) is 0 Å². The van der Waals surface area contributed by atoms with Gasteiger partial charge < -0.3 is 9.73 Å². The number of carbonyl (C=O) groups excluding carboxylic acids is 1. The van der Waals surface area contributed by atoms with Crippen LogP contribution in [0.5, 0.6) is 0 Å². The quantitative estimate of drug-likeness (QED) is 0.308. The van der Waals surface area contributed by atoms with E-state index in [4.69, 9.17) is 4.42 Å². The van der Waals surface area contributed by atoms with Gasteiger partial charge in [-0.2, -0.15) is 0 Å². The number of hydrogen-bond donors (Lipinski definition) is 1. The number of rotatable bonds is 5. The normalized spacial score (nSPS) is 10.9. The summed E-state index contributed by atoms with van der Waals surface area (Å²) in [4.78, 5) is 21.2. The number of carbonyl (C=O) groups is 1. The summed E-state index contributed by atoms with van der Waals surface area (Å²) in [5.41, 5.74) is 1.38. The van der Waals surface area contributed by atoms with Crippen molar-refractivity contribution in [1.82, 2.24) is 9.97 Å². The Morgan fingerprint density at radius 2 is 1.93 bits per heavy atom. The third kappa shape index (κ3) is 3.93. The lowest BCUT2D eigenvalue weighted by atomic mass is 10.1. The molecular formula is C20H13BrFN3O2S. The van der Waals surface area contributed by atoms with E-state index in [-0.39, 0.29) is 11.4 Å². The second kappa shape index (κ2) is 8.12. The summed E-state index contributed by atoms with van der Waals surface area (Å²) in [6, 6.07) is 13.6. The molecule has 0 spiro atoms. The molecule has 1 amide bonds. The Labute approximate surface area is 172 Å². The summed E-state index contributed by atoms with van der Waals surface area (Å²) in [7, 11) is 0. The zero-order valence-corrected chi connectivity index (χ0v) is 16.8. The molecule has 5 nitrogen and oxygen atoms in total. The third-order valence-electron chi connectivity index (χ3n) is 3.97. The minimum absolute atomic E-state index is 0.0821. The van der Waals surface area contributed by atoms with Crippen LogP contribution in [-0.2, 0) is 5.75 Å². The molecule has 0 atom stereocenters. The average molecular weight is 458 g/mol. The van der Waals surface area contributed by atoms with Gasteiger partial charge in [0.15, 0.2) is 10.9 Å². The van der Waals surface area contributed by atoms with Crippen LogP contribution in [0.2, 0.25) is 0 Å². The number of nitrogens with zero attached hydrogens (tertiary/aromatic N) is 2. The molecule has 140 valence electrons. The molecule has 28 heavy (non-hydrogen) atoms. The van der Waals surface area contributed by atoms with Crippen LogP contribution in [0.3, 0.4) is 0 Å². The summed E-state index contributed by atoms with van der Waals surface area (Å²) in [6.45, 7) is 0. The molecule has 0 radical (unpaired) electrons. The minimum Gasteiger partial charge on any atom is -0.451 e. The first kappa shape index (κ1) is 18.6. The van der Waals surface area contributed by atoms with E-state index in [0.29, 0.717) is 26.5 Å². The zero-order chi connectivity index (χ0) is 19.5. The van der Waals surface area contributed by atoms with Crippen LogP contribution >= 0.6 is 27.7 Å². The number of anilines is 1. The molecule has 0 fully saturated rings. The first-order chi connectivity index (χ1) is 13.6. The molecule has 4 aromatic rings. The number of para-hydroxylation sites is 1. The maximum atomic E-state index is 14.1. The predicted octanol–water partition coefficient (Wildman–Crippen LogP) is 5.67. The molecule has 2 aromatic carbocycles. The number of nitrogens with one attached hydrogen (secondary N) is 1. The summed E-state index contributed by atoms with van der Waals surface area (Å²) >= 11 is 4.59. The van der Waals surface area contributed by atoms with Crippen LogP contribution in [0.25, 0.3) is 11.0 Å². The van der Waals surface area contributed by atoms with E-state index in [2.05, 4.69) is 31.2 Å². The molecule has 0 saturated heterocycles. The Kier molecular flexibility index (Phi) is 5.40. The number of thioether (sulfide) groups is 1. The number of amides is 1. The number of furan rings is 1. The monoisotopic (exact) mass is 457 g/mol. The van der Waals surface area contributed by atoms with Crippen LogP contribution in [0, 0.1) is 5.82 Å². The third-order valence-corrected chi connectivity index (χ3v) is 5.37. The van der Waals surface area contributed by atoms with Gasteiger partial charge in [0.2, 0.25) is 0 Å². The van der Waals surface area contributed by atoms with Crippen molar-refractivity contribution in [2.75, 3.05) is 5.32 Å². The van der Waals surface area contributed by atoms with Gasteiger partial charge in [0.05, 0.1) is 5.69 Å². The molecular weight excluding hydrogens is 445 g/mol. The van der Waals surface area contributed by atoms with Crippen molar-refractivity contribution in [3.8, 4) is 0 Å². The smallest absolute Gasteiger partial charge is 0.291 e. The fourth-order valence-electron chi connectivity index (χ4n) is 2.69. The average Bonchev–Trinajstić information content (AvgIpc) is 3.08. The maximum absolute atomic E-state index is 14.1. The van der Waals surface area contributed by atoms with Gasteiger partial charge in [0.25, 0.3) is 5.91 Å². The molecule has 0 aliphatic heterocycles. The molecule has 2 aromatic heterocycles. The van der Waals surface area contributed by atoms with Gasteiger partial charge in [0.1, 0.15) is 11.4 Å². The molecule has 0 bridgehead atoms. The van der Waals surface area contributed by atoms with Crippen LogP contribution in [0.15, 0.2) is 75.0 Å². The first-order valence-electron chi connectivity index (χ1n) is 8.28. The molecule has 8 heteroatoms. The summed E-state index contributed by atoms with van der Waals surface area (Å²) < 4.78 is 20.5. The Hall–Kier alpha value is -2.71. The number of benzene rings is 2. The molecule has 0 aliphatic rings. The highest BCUT2D eigenvalue weighted by atomic mass is 79.9. The molecule has 0 aliphatic carbocycles. The van der Waals surface area contributed by atoms with Gasteiger partial charge in [-0.25, -0.2) is 14.4 Å². The van der Waals surface area contributed by atoms with E-state index in [1.807, 2.05) is 18.2 Å². The Bertz CT molecular complexity index is 1150. The van der Waals surface area contributed by atoms with E-state index in [0.717, 1.165) is 5.39 Å². The van der Waals surface area contributed by atoms with E-state index in [1.165, 1.54) is 23.9 Å². The zero-order valence-electron chi connectivity index (χ0n) is 14.4. The Morgan fingerprint density at radius 3 is 2.71 bits per heavy atom. The molecule has 4 rings (SSSR count). The van der Waals surface area contributed by atoms with Crippen LogP contribution in [0.1, 0.15) is 16.1 Å². The minimum atomic E-state index is -0.535. The van der Waals surface area contributed by atoms with Gasteiger partial charge in [0, 0.05) is 33.6 Å². The van der Waals surface area contributed by atoms with Crippen molar-refractivity contribution >= 4 is 50.3 Å². The predicted molar refractivity (Wildman–Crippen MR) is 110 cm³/mol. The van der Waals surface area contributed by atoms with Crippen molar-refractivity contribution in [3.63, 3.8) is 0 Å². The largest absolute Gasteiger partial charge is 0.451 e. The highest BCUT2D eigenvalue weighted by molar-refractivity contribution is 9.10. The van der Waals surface area contributed by atoms with Crippen LogP contribution in [0.4, 0.5) is 10.1 Å². The van der Waals surface area contributed by atoms with Gasteiger partial charge in [-0.3, -0.25) is 4.79 Å². The lowest BCUT2D eigenvalue weighted by Crippen LogP contribution is -2.14. The number of hydrogen-bond acceptors (Lipinski definition) is 5. The lowest BCUT2D eigenvalue weighted by molar-refractivity contribution is 0.0997. The van der Waals surface area contributed by atoms with Crippen molar-refractivity contribution in [1.29, 1.82) is 0 Å². The molecule has 0 unspecified atom stereocenters. The SMILES string of the molecule is O=C(Nc1ccc(Br)cc1F)c1oc2ccccc2c1CSc1ncccn1. The van der Waals surface area contributed by atoms with Gasteiger partial charge in [-0.1, -0.05) is 45.9 Å². The second-order valence-corrected chi connectivity index (χ2v) is 7.66. The van der Waals surface area contributed by atoms with E-state index >= 15 is 0 Å². The maximum Gasteiger partial charge on any atom is 0.291 e. The first-order valence-corrected chi connectivity index (χ1v) is 10.1. The van der Waals surface area contributed by atoms with Crippen LogP contribution in [-0.4, -0.2) is 15.9 Å². The lowest BCUT2D eigenvalue weighted by Gasteiger charge is -2.07. The molecule has 2 heterocycles. The standard InChI is InChI=1S/C20H13BrFN3O2S/c21-12-6-7-16(15(22)10-12)25-19(26)18-14(11-28-20-23-8-3-9-24-20)13-4-1-2-5-17(13)27-18/h1-10H,11H2,(H,25,26). The molecule has 0 saturated carbocycles. The van der Waals surface area contributed by atoms with Crippen molar-refractivity contribution in [2.45, 2.75) is 10.9 Å². The Balaban J connectivity index is 1.66. The molecule has 1 N–H and O–H groups in total. The number of halogens is 2. The fourth-order valence-corrected chi connectivity index (χ4v) is 3.86. The second-order valence-electron chi connectivity index (χ2n) is 5.80. The van der Waals surface area contributed by atoms with Gasteiger partial charge >= 0.3 is 0 Å². The van der Waals surface area contributed by atoms with Crippen molar-refractivity contribution in [3.05, 3.63) is 82.5 Å². The fraction of sp³-hybridized carbons (Fsp3) is 0.0500. The van der Waals surface area contributed by atoms with Crippen molar-refractivity contribution < 1.29 is 13.6 Å². The van der Waals surface area contributed by atoms with Crippen LogP contribution < -0.4 is 5.32 Å². The Morgan fingerprint density at radius 1 is 1.14 bits per heavy atom. The van der Waals surface area contributed by atoms with E-state index < -0.39 is 11.7 Å². The van der Waals surface area contributed by atoms with Gasteiger partial charge in [-0.05, 0) is 30.3 Å². The number of aromatic nitrogens is 2. The highest BCUT2D eigenvalue weighted by Gasteiger charge is 2.22. The highest BCUT2D eigenvalue weighted by Crippen LogP contribution is 2.31. The summed E-state index contributed by atoms with van der Waals surface area (Å²) in [6.07, 6.45) is 3.32. The topological polar surface area (TPSA) is 68.0 Å². The van der Waals surface area contributed by atoms with Crippen molar-refractivity contribution in [2.24, 2.45) is 0 Å². The number of fused-ring (bicyclic) bond motifs is 1. The summed E-state index contributed by atoms with van der Waals surface area (Å²) in [5, 5.41) is 4.01. The summed E-state index contributed by atoms with van der Waals surface area (Å²) in [5.74, 6) is -0.464. The van der Waals surface area contributed by atoms with E-state index in [9.17, 15) is 9.18 Å². The van der Waals surface area contributed by atoms with E-state index in [1.54, 1.807) is 30.6 Å².